The normalized spacial score (nSPS) is 21.9. The number of aryl methyl sites for hydroxylation is 1. The molecule has 3 aromatic rings. The molecule has 2 aliphatic rings. The van der Waals surface area contributed by atoms with E-state index in [1.807, 2.05) is 18.5 Å². The second-order valence-corrected chi connectivity index (χ2v) is 10.6. The number of nitrogens with zero attached hydrogens (tertiary/aromatic N) is 5. The Bertz CT molecular complexity index is 1130. The highest BCUT2D eigenvalue weighted by molar-refractivity contribution is 5.83. The van der Waals surface area contributed by atoms with E-state index < -0.39 is 0 Å². The van der Waals surface area contributed by atoms with Crippen LogP contribution in [-0.2, 0) is 17.6 Å². The van der Waals surface area contributed by atoms with Crippen molar-refractivity contribution in [3.05, 3.63) is 66.4 Å². The molecule has 2 aliphatic heterocycles. The lowest BCUT2D eigenvalue weighted by atomic mass is 9.74. The third kappa shape index (κ3) is 5.69. The zero-order valence-corrected chi connectivity index (χ0v) is 20.9. The fourth-order valence-corrected chi connectivity index (χ4v) is 6.18. The molecule has 35 heavy (non-hydrogen) atoms. The van der Waals surface area contributed by atoms with Gasteiger partial charge in [0.25, 0.3) is 0 Å². The number of aromatic nitrogens is 3. The summed E-state index contributed by atoms with van der Waals surface area (Å²) in [4.78, 5) is 31.5. The van der Waals surface area contributed by atoms with Crippen LogP contribution in [0.15, 0.2) is 55.1 Å². The third-order valence-electron chi connectivity index (χ3n) is 8.02. The Hall–Kier alpha value is -2.86. The number of carbonyl (C=O) groups excluding carboxylic acids is 1. The van der Waals surface area contributed by atoms with Gasteiger partial charge in [-0.1, -0.05) is 12.1 Å². The van der Waals surface area contributed by atoms with Gasteiger partial charge in [-0.05, 0) is 94.6 Å². The summed E-state index contributed by atoms with van der Waals surface area (Å²) in [5.41, 5.74) is 3.20. The van der Waals surface area contributed by atoms with Crippen LogP contribution in [0.2, 0.25) is 0 Å². The quantitative estimate of drug-likeness (QED) is 0.506. The van der Waals surface area contributed by atoms with Gasteiger partial charge in [0.2, 0.25) is 5.91 Å². The lowest BCUT2D eigenvalue weighted by Crippen LogP contribution is -2.54. The van der Waals surface area contributed by atoms with Gasteiger partial charge in [0, 0.05) is 49.8 Å². The summed E-state index contributed by atoms with van der Waals surface area (Å²) in [5.74, 6) is 1.02. The first kappa shape index (κ1) is 23.9. The molecule has 0 radical (unpaired) electrons. The van der Waals surface area contributed by atoms with Crippen molar-refractivity contribution in [1.29, 1.82) is 0 Å². The zero-order chi connectivity index (χ0) is 24.1. The van der Waals surface area contributed by atoms with Crippen LogP contribution >= 0.6 is 0 Å². The number of likely N-dealkylation sites (tertiary alicyclic amines) is 2. The molecule has 0 saturated carbocycles. The topological polar surface area (TPSA) is 62.2 Å². The van der Waals surface area contributed by atoms with Crippen LogP contribution in [0.4, 0.5) is 0 Å². The summed E-state index contributed by atoms with van der Waals surface area (Å²) in [6.45, 7) is 3.72. The number of benzene rings is 1. The Morgan fingerprint density at radius 3 is 2.77 bits per heavy atom. The molecule has 184 valence electrons. The van der Waals surface area contributed by atoms with E-state index in [9.17, 15) is 4.79 Å². The fraction of sp³-hybridized carbons (Fsp3) is 0.517. The van der Waals surface area contributed by atoms with Gasteiger partial charge < -0.3 is 9.80 Å². The predicted molar refractivity (Wildman–Crippen MR) is 139 cm³/mol. The highest BCUT2D eigenvalue weighted by Gasteiger charge is 2.43. The fourth-order valence-electron chi connectivity index (χ4n) is 6.18. The Kier molecular flexibility index (Phi) is 7.37. The number of piperidine rings is 2. The Balaban J connectivity index is 1.19. The average Bonchev–Trinajstić information content (AvgIpc) is 2.89. The molecule has 1 amide bonds. The van der Waals surface area contributed by atoms with E-state index in [2.05, 4.69) is 56.1 Å². The van der Waals surface area contributed by atoms with Gasteiger partial charge >= 0.3 is 0 Å². The molecule has 6 nitrogen and oxygen atoms in total. The molecular weight excluding hydrogens is 434 g/mol. The van der Waals surface area contributed by atoms with Crippen molar-refractivity contribution < 1.29 is 4.79 Å². The van der Waals surface area contributed by atoms with Crippen molar-refractivity contribution in [3.8, 4) is 0 Å². The summed E-state index contributed by atoms with van der Waals surface area (Å²) in [6, 6.07) is 10.8. The molecule has 4 heterocycles. The summed E-state index contributed by atoms with van der Waals surface area (Å²) in [7, 11) is 2.16. The van der Waals surface area contributed by atoms with Gasteiger partial charge in [-0.25, -0.2) is 0 Å². The number of hydrogen-bond donors (Lipinski definition) is 0. The third-order valence-corrected chi connectivity index (χ3v) is 8.02. The molecule has 2 fully saturated rings. The van der Waals surface area contributed by atoms with E-state index in [1.54, 1.807) is 12.4 Å². The summed E-state index contributed by atoms with van der Waals surface area (Å²) in [6.07, 6.45) is 15.3. The number of hydrogen-bond acceptors (Lipinski definition) is 5. The van der Waals surface area contributed by atoms with Crippen LogP contribution in [0.5, 0.6) is 0 Å². The van der Waals surface area contributed by atoms with Gasteiger partial charge in [-0.3, -0.25) is 19.7 Å². The molecule has 1 unspecified atom stereocenters. The maximum atomic E-state index is 13.9. The molecule has 0 spiro atoms. The first-order chi connectivity index (χ1) is 17.1. The monoisotopic (exact) mass is 471 g/mol. The van der Waals surface area contributed by atoms with Crippen LogP contribution in [-0.4, -0.2) is 63.9 Å². The van der Waals surface area contributed by atoms with Crippen LogP contribution in [0.25, 0.3) is 10.9 Å². The second kappa shape index (κ2) is 10.8. The number of pyridine rings is 1. The standard InChI is InChI=1S/C29H37N5O/c1-33-16-4-12-29(22-33,11-2-6-26-21-30-14-15-31-26)28(35)34-17-9-23(10-18-34)19-24-7-8-27-25(20-24)5-3-13-32-27/h3,5,7-8,13-15,20-21,23H,2,4,6,9-12,16-19,22H2,1H3. The maximum Gasteiger partial charge on any atom is 0.230 e. The van der Waals surface area contributed by atoms with Crippen molar-refractivity contribution in [2.24, 2.45) is 11.3 Å². The van der Waals surface area contributed by atoms with Crippen molar-refractivity contribution in [3.63, 3.8) is 0 Å². The van der Waals surface area contributed by atoms with Gasteiger partial charge in [-0.2, -0.15) is 0 Å². The van der Waals surface area contributed by atoms with Gasteiger partial charge in [0.1, 0.15) is 0 Å². The Labute approximate surface area is 208 Å². The molecule has 1 aromatic carbocycles. The van der Waals surface area contributed by atoms with Crippen molar-refractivity contribution in [1.82, 2.24) is 24.8 Å². The van der Waals surface area contributed by atoms with E-state index in [0.29, 0.717) is 11.8 Å². The smallest absolute Gasteiger partial charge is 0.230 e. The molecular formula is C29H37N5O. The van der Waals surface area contributed by atoms with Crippen LogP contribution in [0.1, 0.15) is 49.8 Å². The Morgan fingerprint density at radius 2 is 1.97 bits per heavy atom. The van der Waals surface area contributed by atoms with Gasteiger partial charge in [-0.15, -0.1) is 0 Å². The molecule has 5 rings (SSSR count). The van der Waals surface area contributed by atoms with Crippen molar-refractivity contribution >= 4 is 16.8 Å². The first-order valence-electron chi connectivity index (χ1n) is 13.2. The SMILES string of the molecule is CN1CCCC(CCCc2cnccn2)(C(=O)N2CCC(Cc3ccc4ncccc4c3)CC2)C1. The van der Waals surface area contributed by atoms with Crippen molar-refractivity contribution in [2.75, 3.05) is 33.2 Å². The van der Waals surface area contributed by atoms with E-state index in [4.69, 9.17) is 0 Å². The van der Waals surface area contributed by atoms with Gasteiger partial charge in [0.15, 0.2) is 0 Å². The van der Waals surface area contributed by atoms with Crippen LogP contribution < -0.4 is 0 Å². The highest BCUT2D eigenvalue weighted by atomic mass is 16.2. The number of rotatable bonds is 7. The molecule has 2 saturated heterocycles. The lowest BCUT2D eigenvalue weighted by molar-refractivity contribution is -0.147. The van der Waals surface area contributed by atoms with Crippen LogP contribution in [0.3, 0.4) is 0 Å². The molecule has 2 aromatic heterocycles. The summed E-state index contributed by atoms with van der Waals surface area (Å²) in [5, 5.41) is 1.21. The molecule has 1 atom stereocenters. The first-order valence-corrected chi connectivity index (χ1v) is 13.2. The van der Waals surface area contributed by atoms with Crippen molar-refractivity contribution in [2.45, 2.75) is 51.4 Å². The molecule has 0 N–H and O–H groups in total. The highest BCUT2D eigenvalue weighted by Crippen LogP contribution is 2.38. The van der Waals surface area contributed by atoms with E-state index in [1.165, 1.54) is 10.9 Å². The lowest BCUT2D eigenvalue weighted by Gasteiger charge is -2.45. The number of fused-ring (bicyclic) bond motifs is 1. The Morgan fingerprint density at radius 1 is 1.09 bits per heavy atom. The molecule has 6 heteroatoms. The summed E-state index contributed by atoms with van der Waals surface area (Å²) >= 11 is 0. The van der Waals surface area contributed by atoms with E-state index in [0.717, 1.165) is 88.8 Å². The zero-order valence-electron chi connectivity index (χ0n) is 20.9. The minimum absolute atomic E-state index is 0.257. The molecule has 0 bridgehead atoms. The number of carbonyl (C=O) groups is 1. The van der Waals surface area contributed by atoms with E-state index in [-0.39, 0.29) is 5.41 Å². The summed E-state index contributed by atoms with van der Waals surface area (Å²) < 4.78 is 0. The largest absolute Gasteiger partial charge is 0.342 e. The average molecular weight is 472 g/mol. The van der Waals surface area contributed by atoms with Crippen LogP contribution in [0, 0.1) is 11.3 Å². The minimum Gasteiger partial charge on any atom is -0.342 e. The number of amides is 1. The van der Waals surface area contributed by atoms with Gasteiger partial charge in [0.05, 0.1) is 16.6 Å². The maximum absolute atomic E-state index is 13.9. The molecule has 0 aliphatic carbocycles. The predicted octanol–water partition coefficient (Wildman–Crippen LogP) is 4.54. The minimum atomic E-state index is -0.257. The second-order valence-electron chi connectivity index (χ2n) is 10.6. The van der Waals surface area contributed by atoms with E-state index >= 15 is 0 Å².